The predicted octanol–water partition coefficient (Wildman–Crippen LogP) is 11.3. The molecule has 252 valence electrons. The first-order valence-corrected chi connectivity index (χ1v) is 17.1. The van der Waals surface area contributed by atoms with Crippen molar-refractivity contribution in [2.45, 2.75) is 44.9 Å². The van der Waals surface area contributed by atoms with Crippen LogP contribution in [0.3, 0.4) is 0 Å². The van der Waals surface area contributed by atoms with Crippen LogP contribution in [0.25, 0.3) is 27.6 Å². The van der Waals surface area contributed by atoms with E-state index in [4.69, 9.17) is 9.72 Å². The number of hydrogen-bond acceptors (Lipinski definition) is 4. The van der Waals surface area contributed by atoms with Gasteiger partial charge in [-0.15, -0.1) is 53.6 Å². The molecule has 3 heterocycles. The third-order valence-electron chi connectivity index (χ3n) is 9.88. The summed E-state index contributed by atoms with van der Waals surface area (Å²) in [6.45, 7) is 4.17. The molecule has 7 aromatic rings. The van der Waals surface area contributed by atoms with Gasteiger partial charge in [-0.25, -0.2) is 9.37 Å². The minimum atomic E-state index is -0.270. The van der Waals surface area contributed by atoms with Crippen LogP contribution in [0.15, 0.2) is 115 Å². The van der Waals surface area contributed by atoms with Gasteiger partial charge in [0.2, 0.25) is 0 Å². The number of para-hydroxylation sites is 3. The summed E-state index contributed by atoms with van der Waals surface area (Å²) in [6, 6.07) is 43.2. The summed E-state index contributed by atoms with van der Waals surface area (Å²) in [5.41, 5.74) is 8.07. The molecule has 1 fully saturated rings. The molecular weight excluding hydrogens is 803 g/mol. The Bertz CT molecular complexity index is 2350. The Labute approximate surface area is 306 Å². The Balaban J connectivity index is 0.00000361. The summed E-state index contributed by atoms with van der Waals surface area (Å²) >= 11 is 0. The average Bonchev–Trinajstić information content (AvgIpc) is 3.89. The van der Waals surface area contributed by atoms with Crippen LogP contribution in [0.5, 0.6) is 11.5 Å². The van der Waals surface area contributed by atoms with Crippen molar-refractivity contribution in [3.8, 4) is 17.3 Å². The molecule has 2 aliphatic rings. The minimum absolute atomic E-state index is 0. The number of nitrogens with zero attached hydrogens (tertiary/aromatic N) is 4. The zero-order valence-corrected chi connectivity index (χ0v) is 29.8. The Morgan fingerprint density at radius 3 is 2.42 bits per heavy atom. The van der Waals surface area contributed by atoms with E-state index < -0.39 is 0 Å². The number of halogens is 1. The van der Waals surface area contributed by atoms with E-state index in [9.17, 15) is 4.39 Å². The van der Waals surface area contributed by atoms with Crippen LogP contribution >= 0.6 is 0 Å². The van der Waals surface area contributed by atoms with Crippen molar-refractivity contribution in [1.29, 1.82) is 0 Å². The monoisotopic (exact) mass is 836 g/mol. The van der Waals surface area contributed by atoms with E-state index in [1.165, 1.54) is 30.0 Å². The van der Waals surface area contributed by atoms with Crippen molar-refractivity contribution >= 4 is 44.6 Å². The maximum atomic E-state index is 14.3. The number of hydrogen-bond donors (Lipinski definition) is 0. The molecule has 0 radical (unpaired) electrons. The quantitative estimate of drug-likeness (QED) is 0.150. The number of fused-ring (bicyclic) bond motifs is 4. The molecule has 7 heteroatoms. The molecule has 1 saturated carbocycles. The molecular formula is C43H34FN4OPt-3. The van der Waals surface area contributed by atoms with Gasteiger partial charge in [0.1, 0.15) is 11.6 Å². The average molecular weight is 837 g/mol. The van der Waals surface area contributed by atoms with Crippen molar-refractivity contribution in [3.05, 3.63) is 151 Å². The Kier molecular flexibility index (Phi) is 8.66. The van der Waals surface area contributed by atoms with Crippen molar-refractivity contribution in [1.82, 2.24) is 9.55 Å². The van der Waals surface area contributed by atoms with Crippen molar-refractivity contribution in [3.63, 3.8) is 0 Å². The van der Waals surface area contributed by atoms with Gasteiger partial charge < -0.3 is 19.1 Å². The molecule has 9 rings (SSSR count). The van der Waals surface area contributed by atoms with E-state index in [-0.39, 0.29) is 26.9 Å². The van der Waals surface area contributed by atoms with E-state index in [0.29, 0.717) is 17.4 Å². The summed E-state index contributed by atoms with van der Waals surface area (Å²) in [4.78, 5) is 8.92. The maximum absolute atomic E-state index is 14.3. The molecule has 0 saturated heterocycles. The fourth-order valence-corrected chi connectivity index (χ4v) is 7.46. The van der Waals surface area contributed by atoms with E-state index in [0.717, 1.165) is 69.6 Å². The van der Waals surface area contributed by atoms with Crippen molar-refractivity contribution < 1.29 is 30.2 Å². The number of anilines is 4. The van der Waals surface area contributed by atoms with Gasteiger partial charge in [-0.05, 0) is 84.7 Å². The molecule has 50 heavy (non-hydrogen) atoms. The number of pyridine rings is 1. The van der Waals surface area contributed by atoms with Crippen LogP contribution < -0.4 is 14.5 Å². The molecule has 5 aromatic carbocycles. The molecule has 0 unspecified atom stereocenters. The number of benzene rings is 5. The molecule has 1 aliphatic heterocycles. The minimum Gasteiger partial charge on any atom is -0.509 e. The Hall–Kier alpha value is -4.93. The molecule has 0 bridgehead atoms. The molecule has 5 nitrogen and oxygen atoms in total. The normalized spacial score (nSPS) is 14.4. The second-order valence-corrected chi connectivity index (χ2v) is 12.9. The fourth-order valence-electron chi connectivity index (χ4n) is 7.46. The summed E-state index contributed by atoms with van der Waals surface area (Å²) in [5.74, 6) is 2.30. The van der Waals surface area contributed by atoms with Crippen molar-refractivity contribution in [2.75, 3.05) is 9.80 Å². The summed E-state index contributed by atoms with van der Waals surface area (Å²) in [6.07, 6.45) is 7.57. The second-order valence-electron chi connectivity index (χ2n) is 12.9. The van der Waals surface area contributed by atoms with Crippen LogP contribution in [0.2, 0.25) is 0 Å². The van der Waals surface area contributed by atoms with Gasteiger partial charge in [-0.2, -0.15) is 6.07 Å². The predicted molar refractivity (Wildman–Crippen MR) is 195 cm³/mol. The topological polar surface area (TPSA) is 33.5 Å². The molecule has 2 aromatic heterocycles. The van der Waals surface area contributed by atoms with Gasteiger partial charge in [0, 0.05) is 61.3 Å². The molecule has 0 amide bonds. The smallest absolute Gasteiger partial charge is 0.135 e. The van der Waals surface area contributed by atoms with Crippen molar-refractivity contribution in [2.24, 2.45) is 0 Å². The van der Waals surface area contributed by atoms with Crippen LogP contribution in [-0.4, -0.2) is 9.55 Å². The Morgan fingerprint density at radius 1 is 0.800 bits per heavy atom. The summed E-state index contributed by atoms with van der Waals surface area (Å²) in [5, 5.41) is 2.24. The first kappa shape index (κ1) is 32.3. The summed E-state index contributed by atoms with van der Waals surface area (Å²) in [7, 11) is 0. The van der Waals surface area contributed by atoms with E-state index in [1.807, 2.05) is 42.0 Å². The van der Waals surface area contributed by atoms with Gasteiger partial charge in [0.25, 0.3) is 0 Å². The fraction of sp³-hybridized carbons (Fsp3) is 0.163. The third kappa shape index (κ3) is 5.76. The van der Waals surface area contributed by atoms with Gasteiger partial charge in [0.05, 0.1) is 0 Å². The largest absolute Gasteiger partial charge is 0.509 e. The molecule has 1 aliphatic carbocycles. The zero-order valence-electron chi connectivity index (χ0n) is 27.6. The standard InChI is InChI=1S/C43H34FN4O.Pt/c1-2-29-20-21-45-43(22-29)48-39-15-6-5-14-37(39)38-19-18-35(27-42(38)48)49-36-24-31(30-10-3-4-11-30)23-34(26-36)47-28-46(33-13-9-12-32(44)25-33)40-16-7-8-17-41(40)47;/h5-9,12-25,28,30H,2-4,10-11H2,1H3;/q-3;. The van der Waals surface area contributed by atoms with Gasteiger partial charge in [0.15, 0.2) is 0 Å². The third-order valence-corrected chi connectivity index (χ3v) is 9.88. The molecule has 0 spiro atoms. The van der Waals surface area contributed by atoms with Gasteiger partial charge in [-0.3, -0.25) is 0 Å². The molecule has 0 N–H and O–H groups in total. The maximum Gasteiger partial charge on any atom is 0.135 e. The zero-order chi connectivity index (χ0) is 32.9. The number of ether oxygens (including phenoxy) is 1. The Morgan fingerprint density at radius 2 is 1.60 bits per heavy atom. The van der Waals surface area contributed by atoms with Crippen LogP contribution in [0, 0.1) is 24.6 Å². The van der Waals surface area contributed by atoms with Crippen LogP contribution in [0.4, 0.5) is 27.1 Å². The van der Waals surface area contributed by atoms with Crippen LogP contribution in [0.1, 0.15) is 49.7 Å². The van der Waals surface area contributed by atoms with E-state index >= 15 is 0 Å². The molecule has 0 atom stereocenters. The van der Waals surface area contributed by atoms with E-state index in [1.54, 1.807) is 12.1 Å². The van der Waals surface area contributed by atoms with Gasteiger partial charge in [-0.1, -0.05) is 61.7 Å². The number of aryl methyl sites for hydroxylation is 1. The van der Waals surface area contributed by atoms with E-state index in [2.05, 4.69) is 95.3 Å². The number of aromatic nitrogens is 2. The first-order valence-electron chi connectivity index (χ1n) is 17.1. The SMILES string of the molecule is CCc1ccnc(-n2c3[c-]c(Oc4[c-]c(N5[CH-]N(c6cccc(F)c6)c6ccccc65)cc(C5CCCC5)c4)ccc3c3ccccc32)c1.[Pt]. The number of rotatable bonds is 7. The van der Waals surface area contributed by atoms with Crippen LogP contribution in [-0.2, 0) is 27.5 Å². The van der Waals surface area contributed by atoms with Gasteiger partial charge >= 0.3 is 0 Å². The summed E-state index contributed by atoms with van der Waals surface area (Å²) < 4.78 is 23.2. The second kappa shape index (κ2) is 13.4. The first-order chi connectivity index (χ1) is 24.1.